The molecule has 0 heterocycles. The van der Waals surface area contributed by atoms with E-state index in [4.69, 9.17) is 0 Å². The molecule has 2 aromatic carbocycles. The number of ketones is 1. The minimum atomic E-state index is -0.364. The van der Waals surface area contributed by atoms with E-state index >= 15 is 0 Å². The molecule has 2 rings (SSSR count). The van der Waals surface area contributed by atoms with Gasteiger partial charge in [-0.05, 0) is 0 Å². The first-order valence-corrected chi connectivity index (χ1v) is 8.44. The molecule has 0 radical (unpaired) electrons. The minimum absolute atomic E-state index is 0.247. The fraction of sp³-hybridized carbons (Fsp3) is 0.235. The second-order valence-electron chi connectivity index (χ2n) is 4.86. The van der Waals surface area contributed by atoms with Crippen molar-refractivity contribution in [1.82, 2.24) is 0 Å². The van der Waals surface area contributed by atoms with Crippen LogP contribution in [0.3, 0.4) is 0 Å². The molecule has 2 aromatic rings. The molecule has 0 saturated heterocycles. The molecule has 1 atom stereocenters. The van der Waals surface area contributed by atoms with Crippen molar-refractivity contribution in [2.24, 2.45) is 0 Å². The molecule has 1 nitrogen and oxygen atoms in total. The van der Waals surface area contributed by atoms with Crippen LogP contribution in [0.5, 0.6) is 0 Å². The van der Waals surface area contributed by atoms with E-state index in [0.29, 0.717) is 15.0 Å². The first-order chi connectivity index (χ1) is 9.13. The third-order valence-electron chi connectivity index (χ3n) is 3.46. The van der Waals surface area contributed by atoms with E-state index in [-0.39, 0.29) is 11.2 Å². The Morgan fingerprint density at radius 1 is 1.00 bits per heavy atom. The van der Waals surface area contributed by atoms with Gasteiger partial charge in [0.1, 0.15) is 0 Å². The van der Waals surface area contributed by atoms with Crippen LogP contribution in [0.4, 0.5) is 0 Å². The summed E-state index contributed by atoms with van der Waals surface area (Å²) >= 11 is 0.317. The van der Waals surface area contributed by atoms with E-state index in [9.17, 15) is 4.79 Å². The fourth-order valence-corrected chi connectivity index (χ4v) is 4.40. The van der Waals surface area contributed by atoms with Gasteiger partial charge in [0.25, 0.3) is 0 Å². The molecule has 0 aliphatic heterocycles. The summed E-state index contributed by atoms with van der Waals surface area (Å²) in [6.45, 7) is 3.77. The van der Waals surface area contributed by atoms with E-state index in [1.807, 2.05) is 24.3 Å². The second-order valence-corrected chi connectivity index (χ2v) is 7.06. The number of hydrogen-bond donors (Lipinski definition) is 0. The van der Waals surface area contributed by atoms with E-state index < -0.39 is 0 Å². The van der Waals surface area contributed by atoms with Crippen LogP contribution in [0.15, 0.2) is 60.7 Å². The monoisotopic (exact) mass is 318 g/mol. The van der Waals surface area contributed by atoms with Crippen LogP contribution in [0.1, 0.15) is 19.4 Å². The van der Waals surface area contributed by atoms with Gasteiger partial charge in [-0.1, -0.05) is 0 Å². The van der Waals surface area contributed by atoms with Crippen LogP contribution >= 0.6 is 0 Å². The summed E-state index contributed by atoms with van der Waals surface area (Å²) in [6, 6.07) is 20.6. The SMILES string of the molecule is CC(=O)C(C)(C[Se]c1ccccc1)c1ccccc1. The van der Waals surface area contributed by atoms with Gasteiger partial charge in [0.15, 0.2) is 0 Å². The average Bonchev–Trinajstić information content (AvgIpc) is 2.46. The van der Waals surface area contributed by atoms with Gasteiger partial charge >= 0.3 is 121 Å². The molecule has 19 heavy (non-hydrogen) atoms. The van der Waals surface area contributed by atoms with Crippen LogP contribution in [0, 0.1) is 0 Å². The first-order valence-electron chi connectivity index (χ1n) is 6.37. The van der Waals surface area contributed by atoms with E-state index in [0.717, 1.165) is 10.9 Å². The van der Waals surface area contributed by atoms with Crippen molar-refractivity contribution >= 4 is 25.2 Å². The molecular weight excluding hydrogens is 299 g/mol. The van der Waals surface area contributed by atoms with Crippen LogP contribution in [0.2, 0.25) is 5.32 Å². The fourth-order valence-electron chi connectivity index (χ4n) is 1.94. The van der Waals surface area contributed by atoms with Crippen molar-refractivity contribution in [2.75, 3.05) is 0 Å². The van der Waals surface area contributed by atoms with Crippen LogP contribution in [-0.4, -0.2) is 20.7 Å². The first kappa shape index (κ1) is 14.0. The molecule has 0 saturated carbocycles. The summed E-state index contributed by atoms with van der Waals surface area (Å²) in [7, 11) is 0. The number of benzene rings is 2. The van der Waals surface area contributed by atoms with Gasteiger partial charge in [0.05, 0.1) is 0 Å². The molecule has 0 aliphatic carbocycles. The summed E-state index contributed by atoms with van der Waals surface area (Å²) in [5.74, 6) is 0.247. The summed E-state index contributed by atoms with van der Waals surface area (Å²) in [5.41, 5.74) is 0.761. The summed E-state index contributed by atoms with van der Waals surface area (Å²) in [5, 5.41) is 0.906. The Labute approximate surface area is 121 Å². The molecule has 0 bridgehead atoms. The molecule has 98 valence electrons. The van der Waals surface area contributed by atoms with Gasteiger partial charge in [-0.2, -0.15) is 0 Å². The Kier molecular flexibility index (Phi) is 4.57. The van der Waals surface area contributed by atoms with Crippen LogP contribution < -0.4 is 4.46 Å². The van der Waals surface area contributed by atoms with Gasteiger partial charge < -0.3 is 0 Å². The normalized spacial score (nSPS) is 13.8. The van der Waals surface area contributed by atoms with Crippen molar-refractivity contribution in [1.29, 1.82) is 0 Å². The maximum absolute atomic E-state index is 12.1. The standard InChI is InChI=1S/C17H18OSe/c1-14(18)17(2,15-9-5-3-6-10-15)13-19-16-11-7-4-8-12-16/h3-12H,13H2,1-2H3. The van der Waals surface area contributed by atoms with Crippen molar-refractivity contribution in [3.63, 3.8) is 0 Å². The molecule has 1 unspecified atom stereocenters. The summed E-state index contributed by atoms with van der Waals surface area (Å²) in [4.78, 5) is 12.1. The molecule has 0 fully saturated rings. The maximum atomic E-state index is 12.1. The Bertz CT molecular complexity index is 536. The Morgan fingerprint density at radius 2 is 1.53 bits per heavy atom. The zero-order valence-electron chi connectivity index (χ0n) is 11.3. The summed E-state index contributed by atoms with van der Waals surface area (Å²) < 4.78 is 1.35. The third-order valence-corrected chi connectivity index (χ3v) is 6.24. The number of rotatable bonds is 5. The predicted molar refractivity (Wildman–Crippen MR) is 81.1 cm³/mol. The third kappa shape index (κ3) is 3.34. The molecule has 0 amide bonds. The molecule has 0 aromatic heterocycles. The van der Waals surface area contributed by atoms with Crippen molar-refractivity contribution < 1.29 is 4.79 Å². The van der Waals surface area contributed by atoms with Gasteiger partial charge in [-0.15, -0.1) is 0 Å². The molecular formula is C17H18OSe. The number of carbonyl (C=O) groups excluding carboxylic acids is 1. The van der Waals surface area contributed by atoms with Gasteiger partial charge in [0.2, 0.25) is 0 Å². The Hall–Kier alpha value is -1.37. The number of hydrogen-bond acceptors (Lipinski definition) is 1. The van der Waals surface area contributed by atoms with Crippen molar-refractivity contribution in [2.45, 2.75) is 24.6 Å². The zero-order chi connectivity index (χ0) is 13.7. The summed E-state index contributed by atoms with van der Waals surface area (Å²) in [6.07, 6.45) is 0. The zero-order valence-corrected chi connectivity index (χ0v) is 13.0. The molecule has 0 aliphatic rings. The topological polar surface area (TPSA) is 17.1 Å². The van der Waals surface area contributed by atoms with E-state index in [1.165, 1.54) is 4.46 Å². The molecule has 2 heteroatoms. The van der Waals surface area contributed by atoms with Crippen molar-refractivity contribution in [3.05, 3.63) is 66.2 Å². The van der Waals surface area contributed by atoms with Crippen LogP contribution in [-0.2, 0) is 10.2 Å². The average molecular weight is 317 g/mol. The van der Waals surface area contributed by atoms with Gasteiger partial charge in [0, 0.05) is 0 Å². The Balaban J connectivity index is 2.19. The second kappa shape index (κ2) is 6.18. The molecule has 0 spiro atoms. The predicted octanol–water partition coefficient (Wildman–Crippen LogP) is 2.98. The van der Waals surface area contributed by atoms with Crippen LogP contribution in [0.25, 0.3) is 0 Å². The van der Waals surface area contributed by atoms with Gasteiger partial charge in [-0.3, -0.25) is 0 Å². The number of Topliss-reactive ketones (excluding diaryl/α,β-unsaturated/α-hetero) is 1. The number of carbonyl (C=O) groups is 1. The molecule has 0 N–H and O–H groups in total. The van der Waals surface area contributed by atoms with E-state index in [2.05, 4.69) is 43.3 Å². The van der Waals surface area contributed by atoms with Crippen molar-refractivity contribution in [3.8, 4) is 0 Å². The quantitative estimate of drug-likeness (QED) is 0.775. The van der Waals surface area contributed by atoms with Gasteiger partial charge in [-0.25, -0.2) is 0 Å². The Morgan fingerprint density at radius 3 is 2.05 bits per heavy atom. The van der Waals surface area contributed by atoms with E-state index in [1.54, 1.807) is 6.92 Å².